The van der Waals surface area contributed by atoms with Crippen LogP contribution in [0.3, 0.4) is 0 Å². The summed E-state index contributed by atoms with van der Waals surface area (Å²) < 4.78 is 39.8. The Morgan fingerprint density at radius 2 is 1.88 bits per heavy atom. The maximum Gasteiger partial charge on any atom is 0.279 e. The van der Waals surface area contributed by atoms with Gasteiger partial charge in [-0.15, -0.1) is 0 Å². The molecule has 0 fully saturated rings. The molecule has 90 valence electrons. The fraction of sp³-hybridized carbons (Fsp3) is 0.400. The van der Waals surface area contributed by atoms with E-state index in [9.17, 15) is 12.8 Å². The van der Waals surface area contributed by atoms with Gasteiger partial charge in [0.2, 0.25) is 0 Å². The Morgan fingerprint density at radius 1 is 1.31 bits per heavy atom. The first-order valence-electron chi connectivity index (χ1n) is 4.79. The van der Waals surface area contributed by atoms with Gasteiger partial charge in [0.1, 0.15) is 5.82 Å². The number of rotatable bonds is 4. The Morgan fingerprint density at radius 3 is 2.38 bits per heavy atom. The van der Waals surface area contributed by atoms with Gasteiger partial charge >= 0.3 is 0 Å². The zero-order chi connectivity index (χ0) is 12.3. The predicted molar refractivity (Wildman–Crippen MR) is 60.6 cm³/mol. The van der Waals surface area contributed by atoms with Crippen LogP contribution in [0, 0.1) is 5.82 Å². The molecule has 1 aromatic carbocycles. The largest absolute Gasteiger partial charge is 0.279 e. The summed E-state index contributed by atoms with van der Waals surface area (Å²) in [7, 11) is -0.719. The van der Waals surface area contributed by atoms with Crippen molar-refractivity contribution in [3.8, 4) is 0 Å². The van der Waals surface area contributed by atoms with Crippen molar-refractivity contribution in [2.75, 3.05) is 14.1 Å². The number of benzene rings is 1. The van der Waals surface area contributed by atoms with Crippen molar-refractivity contribution in [3.05, 3.63) is 35.6 Å². The van der Waals surface area contributed by atoms with Crippen LogP contribution < -0.4 is 4.72 Å². The smallest absolute Gasteiger partial charge is 0.207 e. The van der Waals surface area contributed by atoms with Gasteiger partial charge in [-0.25, -0.2) is 4.39 Å². The molecule has 0 bridgehead atoms. The Labute approximate surface area is 95.3 Å². The Bertz CT molecular complexity index is 460. The van der Waals surface area contributed by atoms with Gasteiger partial charge in [0.15, 0.2) is 0 Å². The Kier molecular flexibility index (Phi) is 4.01. The lowest BCUT2D eigenvalue weighted by molar-refractivity contribution is 0.490. The van der Waals surface area contributed by atoms with Crippen molar-refractivity contribution in [1.29, 1.82) is 0 Å². The van der Waals surface area contributed by atoms with Gasteiger partial charge in [0.05, 0.1) is 0 Å². The normalized spacial score (nSPS) is 14.1. The van der Waals surface area contributed by atoms with Gasteiger partial charge in [0, 0.05) is 25.7 Å². The maximum absolute atomic E-state index is 13.4. The molecule has 1 N–H and O–H groups in total. The second-order valence-corrected chi connectivity index (χ2v) is 5.56. The van der Waals surface area contributed by atoms with Gasteiger partial charge in [0.25, 0.3) is 10.2 Å². The highest BCUT2D eigenvalue weighted by atomic mass is 32.2. The van der Waals surface area contributed by atoms with Crippen LogP contribution >= 0.6 is 0 Å². The summed E-state index contributed by atoms with van der Waals surface area (Å²) in [6.07, 6.45) is 0. The molecule has 6 heteroatoms. The molecule has 0 unspecified atom stereocenters. The molecule has 0 saturated carbocycles. The standard InChI is InChI=1S/C10H15FN2O2S/c1-8(12-16(14,15)13(2)3)9-6-4-5-7-10(9)11/h4-8,12H,1-3H3/t8-/m0/s1. The molecular formula is C10H15FN2O2S. The van der Waals surface area contributed by atoms with E-state index in [1.165, 1.54) is 20.2 Å². The molecule has 0 saturated heterocycles. The van der Waals surface area contributed by atoms with Crippen LogP contribution in [0.1, 0.15) is 18.5 Å². The van der Waals surface area contributed by atoms with Crippen LogP contribution in [-0.4, -0.2) is 26.8 Å². The van der Waals surface area contributed by atoms with E-state index in [0.29, 0.717) is 5.56 Å². The number of halogens is 1. The van der Waals surface area contributed by atoms with Crippen molar-refractivity contribution >= 4 is 10.2 Å². The second kappa shape index (κ2) is 4.90. The highest BCUT2D eigenvalue weighted by molar-refractivity contribution is 7.87. The first-order chi connectivity index (χ1) is 7.34. The third kappa shape index (κ3) is 3.01. The van der Waals surface area contributed by atoms with Crippen LogP contribution in [0.4, 0.5) is 4.39 Å². The predicted octanol–water partition coefficient (Wildman–Crippen LogP) is 1.28. The summed E-state index contributed by atoms with van der Waals surface area (Å²) in [6.45, 7) is 1.60. The molecule has 0 radical (unpaired) electrons. The fourth-order valence-corrected chi connectivity index (χ4v) is 2.00. The van der Waals surface area contributed by atoms with E-state index in [4.69, 9.17) is 0 Å². The summed E-state index contributed by atoms with van der Waals surface area (Å²) in [6, 6.07) is 5.48. The van der Waals surface area contributed by atoms with Crippen molar-refractivity contribution in [2.24, 2.45) is 0 Å². The van der Waals surface area contributed by atoms with Gasteiger partial charge in [-0.05, 0) is 13.0 Å². The molecule has 4 nitrogen and oxygen atoms in total. The summed E-state index contributed by atoms with van der Waals surface area (Å²) >= 11 is 0. The van der Waals surface area contributed by atoms with Crippen molar-refractivity contribution in [3.63, 3.8) is 0 Å². The minimum atomic E-state index is -3.55. The third-order valence-electron chi connectivity index (χ3n) is 2.18. The van der Waals surface area contributed by atoms with E-state index in [0.717, 1.165) is 4.31 Å². The zero-order valence-electron chi connectivity index (χ0n) is 9.44. The number of nitrogens with one attached hydrogen (secondary N) is 1. The van der Waals surface area contributed by atoms with E-state index < -0.39 is 22.1 Å². The van der Waals surface area contributed by atoms with Crippen LogP contribution in [-0.2, 0) is 10.2 Å². The number of hydrogen-bond donors (Lipinski definition) is 1. The maximum atomic E-state index is 13.4. The topological polar surface area (TPSA) is 49.4 Å². The monoisotopic (exact) mass is 246 g/mol. The van der Waals surface area contributed by atoms with Crippen LogP contribution in [0.15, 0.2) is 24.3 Å². The molecule has 0 aliphatic heterocycles. The van der Waals surface area contributed by atoms with Crippen molar-refractivity contribution in [2.45, 2.75) is 13.0 Å². The molecule has 1 rings (SSSR count). The fourth-order valence-electron chi connectivity index (χ4n) is 1.22. The molecule has 1 aromatic rings. The summed E-state index contributed by atoms with van der Waals surface area (Å²) in [4.78, 5) is 0. The highest BCUT2D eigenvalue weighted by Crippen LogP contribution is 2.17. The molecule has 0 heterocycles. The van der Waals surface area contributed by atoms with Crippen molar-refractivity contribution < 1.29 is 12.8 Å². The molecule has 0 aliphatic carbocycles. The van der Waals surface area contributed by atoms with E-state index in [1.807, 2.05) is 0 Å². The lowest BCUT2D eigenvalue weighted by Crippen LogP contribution is -2.37. The summed E-state index contributed by atoms with van der Waals surface area (Å²) in [5, 5.41) is 0. The molecule has 0 aromatic heterocycles. The SMILES string of the molecule is C[C@H](NS(=O)(=O)N(C)C)c1ccccc1F. The van der Waals surface area contributed by atoms with Gasteiger partial charge in [-0.2, -0.15) is 17.4 Å². The first kappa shape index (κ1) is 13.1. The van der Waals surface area contributed by atoms with E-state index in [1.54, 1.807) is 25.1 Å². The third-order valence-corrected chi connectivity index (χ3v) is 3.79. The van der Waals surface area contributed by atoms with E-state index in [-0.39, 0.29) is 0 Å². The minimum Gasteiger partial charge on any atom is -0.207 e. The van der Waals surface area contributed by atoms with Gasteiger partial charge < -0.3 is 0 Å². The minimum absolute atomic E-state index is 0.327. The number of hydrogen-bond acceptors (Lipinski definition) is 2. The Balaban J connectivity index is 2.89. The average molecular weight is 246 g/mol. The van der Waals surface area contributed by atoms with Crippen LogP contribution in [0.25, 0.3) is 0 Å². The molecule has 1 atom stereocenters. The van der Waals surface area contributed by atoms with E-state index in [2.05, 4.69) is 4.72 Å². The Hall–Kier alpha value is -0.980. The van der Waals surface area contributed by atoms with Gasteiger partial charge in [-0.3, -0.25) is 0 Å². The second-order valence-electron chi connectivity index (χ2n) is 3.65. The highest BCUT2D eigenvalue weighted by Gasteiger charge is 2.19. The average Bonchev–Trinajstić information content (AvgIpc) is 2.17. The van der Waals surface area contributed by atoms with Crippen molar-refractivity contribution in [1.82, 2.24) is 9.03 Å². The van der Waals surface area contributed by atoms with E-state index >= 15 is 0 Å². The van der Waals surface area contributed by atoms with Crippen LogP contribution in [0.5, 0.6) is 0 Å². The molecule has 16 heavy (non-hydrogen) atoms. The molecule has 0 spiro atoms. The molecule has 0 amide bonds. The lowest BCUT2D eigenvalue weighted by Gasteiger charge is -2.18. The lowest BCUT2D eigenvalue weighted by atomic mass is 10.1. The molecule has 0 aliphatic rings. The summed E-state index contributed by atoms with van der Waals surface area (Å²) in [5.74, 6) is -0.420. The molecular weight excluding hydrogens is 231 g/mol. The summed E-state index contributed by atoms with van der Waals surface area (Å²) in [5.41, 5.74) is 0.327. The quantitative estimate of drug-likeness (QED) is 0.870. The number of nitrogens with zero attached hydrogens (tertiary/aromatic N) is 1. The first-order valence-corrected chi connectivity index (χ1v) is 6.23. The van der Waals surface area contributed by atoms with Gasteiger partial charge in [-0.1, -0.05) is 18.2 Å². The van der Waals surface area contributed by atoms with Crippen LogP contribution in [0.2, 0.25) is 0 Å². The zero-order valence-corrected chi connectivity index (χ0v) is 10.3.